The zero-order chi connectivity index (χ0) is 13.9. The summed E-state index contributed by atoms with van der Waals surface area (Å²) in [6.45, 7) is 0.511. The number of aryl methyl sites for hydroxylation is 1. The van der Waals surface area contributed by atoms with Gasteiger partial charge in [0.1, 0.15) is 12.4 Å². The molecular formula is C15H21N5. The summed E-state index contributed by atoms with van der Waals surface area (Å²) in [4.78, 5) is 9.00. The highest BCUT2D eigenvalue weighted by Crippen LogP contribution is 2.17. The van der Waals surface area contributed by atoms with Gasteiger partial charge in [-0.25, -0.2) is 9.98 Å². The number of benzene rings is 1. The zero-order valence-electron chi connectivity index (χ0n) is 11.8. The highest BCUT2D eigenvalue weighted by Gasteiger charge is 2.15. The van der Waals surface area contributed by atoms with Crippen molar-refractivity contribution in [2.75, 3.05) is 0 Å². The quantitative estimate of drug-likeness (QED) is 0.662. The molecule has 106 valence electrons. The van der Waals surface area contributed by atoms with Gasteiger partial charge in [0.2, 0.25) is 0 Å². The van der Waals surface area contributed by atoms with Crippen molar-refractivity contribution in [2.24, 2.45) is 17.8 Å². The number of fused-ring (bicyclic) bond motifs is 1. The monoisotopic (exact) mass is 271 g/mol. The third kappa shape index (κ3) is 2.61. The molecule has 0 saturated heterocycles. The number of nitrogens with zero attached hydrogens (tertiary/aromatic N) is 3. The van der Waals surface area contributed by atoms with E-state index in [0.717, 1.165) is 16.9 Å². The second-order valence-corrected chi connectivity index (χ2v) is 5.40. The summed E-state index contributed by atoms with van der Waals surface area (Å²) in [6, 6.07) is 8.60. The number of hydrogen-bond donors (Lipinski definition) is 2. The number of rotatable bonds is 3. The lowest BCUT2D eigenvalue weighted by molar-refractivity contribution is 0.624. The number of para-hydroxylation sites is 2. The van der Waals surface area contributed by atoms with Gasteiger partial charge < -0.3 is 15.6 Å². The molecule has 0 aliphatic heterocycles. The minimum Gasteiger partial charge on any atom is -0.370 e. The van der Waals surface area contributed by atoms with Crippen LogP contribution in [0.15, 0.2) is 29.3 Å². The fourth-order valence-electron chi connectivity index (χ4n) is 2.82. The van der Waals surface area contributed by atoms with E-state index in [2.05, 4.69) is 25.9 Å². The number of aliphatic imine (C=N–C) groups is 1. The molecule has 1 fully saturated rings. The van der Waals surface area contributed by atoms with Gasteiger partial charge in [-0.3, -0.25) is 0 Å². The van der Waals surface area contributed by atoms with Crippen LogP contribution in [0, 0.1) is 0 Å². The molecule has 2 aromatic rings. The minimum atomic E-state index is 0.499. The van der Waals surface area contributed by atoms with Crippen molar-refractivity contribution in [1.29, 1.82) is 0 Å². The van der Waals surface area contributed by atoms with Crippen LogP contribution >= 0.6 is 0 Å². The first kappa shape index (κ1) is 13.0. The van der Waals surface area contributed by atoms with Crippen LogP contribution in [0.25, 0.3) is 11.0 Å². The first-order valence-corrected chi connectivity index (χ1v) is 7.21. The Morgan fingerprint density at radius 3 is 2.90 bits per heavy atom. The molecule has 1 aliphatic rings. The summed E-state index contributed by atoms with van der Waals surface area (Å²) in [5, 5.41) is 3.29. The molecule has 0 atom stereocenters. The largest absolute Gasteiger partial charge is 0.370 e. The number of aromatic nitrogens is 2. The number of imidazole rings is 1. The average Bonchev–Trinajstić information content (AvgIpc) is 3.06. The Hall–Kier alpha value is -2.04. The van der Waals surface area contributed by atoms with Crippen LogP contribution in [-0.2, 0) is 13.6 Å². The lowest BCUT2D eigenvalue weighted by Crippen LogP contribution is -2.38. The van der Waals surface area contributed by atoms with E-state index >= 15 is 0 Å². The van der Waals surface area contributed by atoms with E-state index in [1.165, 1.54) is 25.7 Å². The summed E-state index contributed by atoms with van der Waals surface area (Å²) in [5.74, 6) is 1.46. The van der Waals surface area contributed by atoms with Crippen LogP contribution in [0.2, 0.25) is 0 Å². The van der Waals surface area contributed by atoms with Crippen molar-refractivity contribution >= 4 is 17.0 Å². The molecule has 0 amide bonds. The molecule has 1 aromatic carbocycles. The number of nitrogens with one attached hydrogen (secondary N) is 1. The Labute approximate surface area is 118 Å². The maximum absolute atomic E-state index is 5.95. The maximum Gasteiger partial charge on any atom is 0.189 e. The van der Waals surface area contributed by atoms with E-state index in [1.807, 2.05) is 25.2 Å². The molecule has 1 saturated carbocycles. The first-order chi connectivity index (χ1) is 9.74. The molecule has 20 heavy (non-hydrogen) atoms. The number of hydrogen-bond acceptors (Lipinski definition) is 2. The predicted molar refractivity (Wildman–Crippen MR) is 81.4 cm³/mol. The molecule has 5 nitrogen and oxygen atoms in total. The maximum atomic E-state index is 5.95. The molecule has 1 aliphatic carbocycles. The zero-order valence-corrected chi connectivity index (χ0v) is 11.8. The van der Waals surface area contributed by atoms with Gasteiger partial charge in [-0.1, -0.05) is 25.0 Å². The summed E-state index contributed by atoms with van der Waals surface area (Å²) >= 11 is 0. The fraction of sp³-hybridized carbons (Fsp3) is 0.467. The van der Waals surface area contributed by atoms with Gasteiger partial charge in [0.25, 0.3) is 0 Å². The van der Waals surface area contributed by atoms with E-state index < -0.39 is 0 Å². The van der Waals surface area contributed by atoms with Crippen molar-refractivity contribution in [3.8, 4) is 0 Å². The standard InChI is InChI=1S/C15H21N5/c1-20-13-9-5-4-8-12(13)19-14(20)10-17-15(16)18-11-6-2-3-7-11/h4-5,8-9,11H,2-3,6-7,10H2,1H3,(H3,16,17,18). The second-order valence-electron chi connectivity index (χ2n) is 5.40. The van der Waals surface area contributed by atoms with E-state index in [9.17, 15) is 0 Å². The highest BCUT2D eigenvalue weighted by molar-refractivity contribution is 5.78. The molecule has 1 heterocycles. The molecule has 0 unspecified atom stereocenters. The van der Waals surface area contributed by atoms with Crippen molar-refractivity contribution in [3.63, 3.8) is 0 Å². The van der Waals surface area contributed by atoms with Gasteiger partial charge in [-0.2, -0.15) is 0 Å². The lowest BCUT2D eigenvalue weighted by atomic mass is 10.2. The highest BCUT2D eigenvalue weighted by atomic mass is 15.1. The summed E-state index contributed by atoms with van der Waals surface area (Å²) in [5.41, 5.74) is 8.07. The SMILES string of the molecule is Cn1c(CN=C(N)NC2CCCC2)nc2ccccc21. The Morgan fingerprint density at radius 2 is 2.15 bits per heavy atom. The normalized spacial score (nSPS) is 16.9. The third-order valence-electron chi connectivity index (χ3n) is 3.98. The van der Waals surface area contributed by atoms with Gasteiger partial charge in [-0.15, -0.1) is 0 Å². The number of nitrogens with two attached hydrogens (primary N) is 1. The van der Waals surface area contributed by atoms with Crippen LogP contribution in [0.1, 0.15) is 31.5 Å². The van der Waals surface area contributed by atoms with Gasteiger partial charge in [0.05, 0.1) is 11.0 Å². The molecule has 5 heteroatoms. The minimum absolute atomic E-state index is 0.499. The van der Waals surface area contributed by atoms with Crippen LogP contribution in [-0.4, -0.2) is 21.6 Å². The Bertz CT molecular complexity index is 622. The lowest BCUT2D eigenvalue weighted by Gasteiger charge is -2.12. The van der Waals surface area contributed by atoms with Crippen molar-refractivity contribution < 1.29 is 0 Å². The first-order valence-electron chi connectivity index (χ1n) is 7.21. The third-order valence-corrected chi connectivity index (χ3v) is 3.98. The van der Waals surface area contributed by atoms with Crippen LogP contribution in [0.5, 0.6) is 0 Å². The van der Waals surface area contributed by atoms with Gasteiger partial charge in [0.15, 0.2) is 5.96 Å². The van der Waals surface area contributed by atoms with E-state index in [-0.39, 0.29) is 0 Å². The second kappa shape index (κ2) is 5.53. The number of guanidine groups is 1. The van der Waals surface area contributed by atoms with Gasteiger partial charge in [-0.05, 0) is 25.0 Å². The van der Waals surface area contributed by atoms with E-state index in [4.69, 9.17) is 5.73 Å². The summed E-state index contributed by atoms with van der Waals surface area (Å²) in [7, 11) is 2.01. The van der Waals surface area contributed by atoms with Crippen molar-refractivity contribution in [3.05, 3.63) is 30.1 Å². The molecule has 3 N–H and O–H groups in total. The predicted octanol–water partition coefficient (Wildman–Crippen LogP) is 1.92. The molecule has 0 radical (unpaired) electrons. The fourth-order valence-corrected chi connectivity index (χ4v) is 2.82. The molecular weight excluding hydrogens is 250 g/mol. The smallest absolute Gasteiger partial charge is 0.189 e. The summed E-state index contributed by atoms with van der Waals surface area (Å²) in [6.07, 6.45) is 4.97. The molecule has 1 aromatic heterocycles. The van der Waals surface area contributed by atoms with Gasteiger partial charge in [0, 0.05) is 13.1 Å². The van der Waals surface area contributed by atoms with E-state index in [0.29, 0.717) is 18.5 Å². The van der Waals surface area contributed by atoms with Crippen molar-refractivity contribution in [2.45, 2.75) is 38.3 Å². The molecule has 0 bridgehead atoms. The van der Waals surface area contributed by atoms with Crippen LogP contribution < -0.4 is 11.1 Å². The van der Waals surface area contributed by atoms with Crippen LogP contribution in [0.4, 0.5) is 0 Å². The Balaban J connectivity index is 1.70. The van der Waals surface area contributed by atoms with E-state index in [1.54, 1.807) is 0 Å². The molecule has 3 rings (SSSR count). The van der Waals surface area contributed by atoms with Crippen molar-refractivity contribution in [1.82, 2.24) is 14.9 Å². The summed E-state index contributed by atoms with van der Waals surface area (Å²) < 4.78 is 2.07. The van der Waals surface area contributed by atoms with Crippen LogP contribution in [0.3, 0.4) is 0 Å². The Kier molecular flexibility index (Phi) is 3.58. The van der Waals surface area contributed by atoms with Gasteiger partial charge >= 0.3 is 0 Å². The average molecular weight is 271 g/mol. The Morgan fingerprint density at radius 1 is 1.40 bits per heavy atom. The molecule has 0 spiro atoms. The topological polar surface area (TPSA) is 68.2 Å².